The van der Waals surface area contributed by atoms with Gasteiger partial charge in [-0.1, -0.05) is 38.5 Å². The first-order valence-electron chi connectivity index (χ1n) is 6.57. The van der Waals surface area contributed by atoms with E-state index in [0.29, 0.717) is 6.04 Å². The van der Waals surface area contributed by atoms with Crippen LogP contribution in [0.1, 0.15) is 44.2 Å². The van der Waals surface area contributed by atoms with Gasteiger partial charge in [0.1, 0.15) is 0 Å². The third-order valence-corrected chi connectivity index (χ3v) is 3.93. The van der Waals surface area contributed by atoms with E-state index in [-0.39, 0.29) is 0 Å². The van der Waals surface area contributed by atoms with E-state index < -0.39 is 0 Å². The molecule has 1 aliphatic carbocycles. The van der Waals surface area contributed by atoms with Gasteiger partial charge in [0.25, 0.3) is 0 Å². The molecule has 1 aromatic carbocycles. The molecule has 88 valence electrons. The summed E-state index contributed by atoms with van der Waals surface area (Å²) < 4.78 is 0. The van der Waals surface area contributed by atoms with Crippen LogP contribution in [0.4, 0.5) is 5.69 Å². The van der Waals surface area contributed by atoms with E-state index in [1.807, 2.05) is 0 Å². The van der Waals surface area contributed by atoms with Gasteiger partial charge < -0.3 is 5.32 Å². The predicted molar refractivity (Wildman–Crippen MR) is 71.0 cm³/mol. The van der Waals surface area contributed by atoms with Gasteiger partial charge in [0, 0.05) is 11.7 Å². The van der Waals surface area contributed by atoms with Gasteiger partial charge in [-0.15, -0.1) is 0 Å². The van der Waals surface area contributed by atoms with Gasteiger partial charge in [0.2, 0.25) is 0 Å². The molecule has 2 unspecified atom stereocenters. The lowest BCUT2D eigenvalue weighted by Gasteiger charge is -2.22. The Hall–Kier alpha value is -0.980. The standard InChI is InChI=1S/C15H23N/c1-4-13-9-5-8-12(3)15(13)16-14-10-6-7-11(14)2/h5,8-9,11,14,16H,4,6-7,10H2,1-3H3. The summed E-state index contributed by atoms with van der Waals surface area (Å²) in [7, 11) is 0. The summed E-state index contributed by atoms with van der Waals surface area (Å²) in [5.74, 6) is 0.823. The molecule has 2 rings (SSSR count). The van der Waals surface area contributed by atoms with Crippen LogP contribution in [0.3, 0.4) is 0 Å². The fraction of sp³-hybridized carbons (Fsp3) is 0.600. The van der Waals surface area contributed by atoms with Gasteiger partial charge in [-0.25, -0.2) is 0 Å². The molecule has 1 fully saturated rings. The van der Waals surface area contributed by atoms with E-state index in [1.54, 1.807) is 0 Å². The van der Waals surface area contributed by atoms with Crippen LogP contribution in [-0.4, -0.2) is 6.04 Å². The number of hydrogen-bond acceptors (Lipinski definition) is 1. The molecule has 0 radical (unpaired) electrons. The third-order valence-electron chi connectivity index (χ3n) is 3.93. The highest BCUT2D eigenvalue weighted by Gasteiger charge is 2.23. The van der Waals surface area contributed by atoms with Gasteiger partial charge in [0.15, 0.2) is 0 Å². The molecule has 0 spiro atoms. The Morgan fingerprint density at radius 2 is 2.12 bits per heavy atom. The van der Waals surface area contributed by atoms with Crippen LogP contribution in [0, 0.1) is 12.8 Å². The molecule has 1 aliphatic rings. The van der Waals surface area contributed by atoms with Crippen molar-refractivity contribution in [3.63, 3.8) is 0 Å². The second-order valence-electron chi connectivity index (χ2n) is 5.12. The molecule has 0 amide bonds. The lowest BCUT2D eigenvalue weighted by molar-refractivity contribution is 0.555. The third kappa shape index (κ3) is 2.23. The molecule has 1 N–H and O–H groups in total. The number of para-hydroxylation sites is 1. The molecule has 1 heteroatoms. The monoisotopic (exact) mass is 217 g/mol. The molecular formula is C15H23N. The molecule has 2 atom stereocenters. The Bertz CT molecular complexity index is 356. The summed E-state index contributed by atoms with van der Waals surface area (Å²) in [5.41, 5.74) is 4.24. The summed E-state index contributed by atoms with van der Waals surface area (Å²) in [5, 5.41) is 3.78. The second kappa shape index (κ2) is 4.90. The fourth-order valence-corrected chi connectivity index (χ4v) is 2.77. The maximum Gasteiger partial charge on any atom is 0.0404 e. The Labute approximate surface area is 99.3 Å². The quantitative estimate of drug-likeness (QED) is 0.801. The van der Waals surface area contributed by atoms with E-state index in [2.05, 4.69) is 44.3 Å². The Kier molecular flexibility index (Phi) is 3.52. The van der Waals surface area contributed by atoms with E-state index in [9.17, 15) is 0 Å². The number of hydrogen-bond donors (Lipinski definition) is 1. The minimum Gasteiger partial charge on any atom is -0.382 e. The van der Waals surface area contributed by atoms with Crippen LogP contribution in [0.15, 0.2) is 18.2 Å². The zero-order valence-corrected chi connectivity index (χ0v) is 10.7. The normalized spacial score (nSPS) is 24.7. The van der Waals surface area contributed by atoms with Crippen LogP contribution >= 0.6 is 0 Å². The Morgan fingerprint density at radius 3 is 2.75 bits per heavy atom. The number of rotatable bonds is 3. The molecule has 0 heterocycles. The molecule has 0 bridgehead atoms. The van der Waals surface area contributed by atoms with Crippen LogP contribution in [-0.2, 0) is 6.42 Å². The van der Waals surface area contributed by atoms with Crippen molar-refractivity contribution >= 4 is 5.69 Å². The van der Waals surface area contributed by atoms with Crippen molar-refractivity contribution in [2.75, 3.05) is 5.32 Å². The Balaban J connectivity index is 2.19. The zero-order chi connectivity index (χ0) is 11.5. The summed E-state index contributed by atoms with van der Waals surface area (Å²) in [4.78, 5) is 0. The SMILES string of the molecule is CCc1cccc(C)c1NC1CCCC1C. The van der Waals surface area contributed by atoms with E-state index in [1.165, 1.54) is 36.1 Å². The van der Waals surface area contributed by atoms with Gasteiger partial charge in [0.05, 0.1) is 0 Å². The molecule has 16 heavy (non-hydrogen) atoms. The highest BCUT2D eigenvalue weighted by molar-refractivity contribution is 5.58. The van der Waals surface area contributed by atoms with Crippen molar-refractivity contribution < 1.29 is 0 Å². The minimum atomic E-state index is 0.686. The first-order valence-corrected chi connectivity index (χ1v) is 6.57. The maximum atomic E-state index is 3.78. The molecule has 0 aliphatic heterocycles. The molecule has 1 saturated carbocycles. The first-order chi connectivity index (χ1) is 7.72. The summed E-state index contributed by atoms with van der Waals surface area (Å²) in [6, 6.07) is 7.31. The fourth-order valence-electron chi connectivity index (χ4n) is 2.77. The number of anilines is 1. The van der Waals surface area contributed by atoms with Gasteiger partial charge in [-0.2, -0.15) is 0 Å². The lowest BCUT2D eigenvalue weighted by Crippen LogP contribution is -2.23. The molecule has 0 saturated heterocycles. The molecule has 0 aromatic heterocycles. The summed E-state index contributed by atoms with van der Waals surface area (Å²) >= 11 is 0. The molecular weight excluding hydrogens is 194 g/mol. The average molecular weight is 217 g/mol. The smallest absolute Gasteiger partial charge is 0.0404 e. The highest BCUT2D eigenvalue weighted by Crippen LogP contribution is 2.30. The number of benzene rings is 1. The van der Waals surface area contributed by atoms with Crippen molar-refractivity contribution in [3.05, 3.63) is 29.3 Å². The largest absolute Gasteiger partial charge is 0.382 e. The molecule has 1 nitrogen and oxygen atoms in total. The van der Waals surface area contributed by atoms with Gasteiger partial charge in [-0.05, 0) is 43.2 Å². The van der Waals surface area contributed by atoms with E-state index in [0.717, 1.165) is 12.3 Å². The highest BCUT2D eigenvalue weighted by atomic mass is 14.9. The van der Waals surface area contributed by atoms with Gasteiger partial charge in [-0.3, -0.25) is 0 Å². The van der Waals surface area contributed by atoms with Crippen LogP contribution in [0.5, 0.6) is 0 Å². The van der Waals surface area contributed by atoms with Crippen LogP contribution in [0.25, 0.3) is 0 Å². The summed E-state index contributed by atoms with van der Waals surface area (Å²) in [6.45, 7) is 6.81. The zero-order valence-electron chi connectivity index (χ0n) is 10.7. The van der Waals surface area contributed by atoms with Crippen molar-refractivity contribution in [2.45, 2.75) is 52.5 Å². The van der Waals surface area contributed by atoms with Crippen LogP contribution < -0.4 is 5.32 Å². The molecule has 1 aromatic rings. The maximum absolute atomic E-state index is 3.78. The van der Waals surface area contributed by atoms with E-state index >= 15 is 0 Å². The van der Waals surface area contributed by atoms with E-state index in [4.69, 9.17) is 0 Å². The van der Waals surface area contributed by atoms with Gasteiger partial charge >= 0.3 is 0 Å². The Morgan fingerprint density at radius 1 is 1.31 bits per heavy atom. The second-order valence-corrected chi connectivity index (χ2v) is 5.12. The lowest BCUT2D eigenvalue weighted by atomic mass is 10.0. The number of aryl methyl sites for hydroxylation is 2. The topological polar surface area (TPSA) is 12.0 Å². The first kappa shape index (κ1) is 11.5. The predicted octanol–water partition coefficient (Wildman–Crippen LogP) is 4.16. The summed E-state index contributed by atoms with van der Waals surface area (Å²) in [6.07, 6.45) is 5.21. The van der Waals surface area contributed by atoms with Crippen molar-refractivity contribution in [1.29, 1.82) is 0 Å². The van der Waals surface area contributed by atoms with Crippen LogP contribution in [0.2, 0.25) is 0 Å². The van der Waals surface area contributed by atoms with Crippen molar-refractivity contribution in [3.8, 4) is 0 Å². The number of nitrogens with one attached hydrogen (secondary N) is 1. The average Bonchev–Trinajstić information content (AvgIpc) is 2.67. The van der Waals surface area contributed by atoms with Crippen molar-refractivity contribution in [1.82, 2.24) is 0 Å². The van der Waals surface area contributed by atoms with Crippen molar-refractivity contribution in [2.24, 2.45) is 5.92 Å². The minimum absolute atomic E-state index is 0.686.